The van der Waals surface area contributed by atoms with Crippen LogP contribution < -0.4 is 9.64 Å². The first-order valence-electron chi connectivity index (χ1n) is 9.63. The van der Waals surface area contributed by atoms with Crippen LogP contribution in [0.2, 0.25) is 0 Å². The number of nitrogens with zero attached hydrogens (tertiary/aromatic N) is 3. The van der Waals surface area contributed by atoms with Gasteiger partial charge < -0.3 is 14.5 Å². The molecule has 1 saturated heterocycles. The summed E-state index contributed by atoms with van der Waals surface area (Å²) >= 11 is 0. The molecule has 29 heavy (non-hydrogen) atoms. The van der Waals surface area contributed by atoms with Crippen molar-refractivity contribution in [1.29, 1.82) is 0 Å². The van der Waals surface area contributed by atoms with E-state index >= 15 is 0 Å². The van der Waals surface area contributed by atoms with Crippen molar-refractivity contribution in [2.75, 3.05) is 38.2 Å². The zero-order chi connectivity index (χ0) is 20.8. The third kappa shape index (κ3) is 5.22. The lowest BCUT2D eigenvalue weighted by molar-refractivity contribution is -0.384. The quantitative estimate of drug-likeness (QED) is 0.381. The van der Waals surface area contributed by atoms with Gasteiger partial charge in [0.05, 0.1) is 11.5 Å². The van der Waals surface area contributed by atoms with Gasteiger partial charge in [-0.25, -0.2) is 4.39 Å². The predicted molar refractivity (Wildman–Crippen MR) is 108 cm³/mol. The van der Waals surface area contributed by atoms with Crippen molar-refractivity contribution in [2.24, 2.45) is 0 Å². The van der Waals surface area contributed by atoms with E-state index in [0.29, 0.717) is 36.6 Å². The number of amides is 1. The molecule has 2 aromatic rings. The summed E-state index contributed by atoms with van der Waals surface area (Å²) in [6.45, 7) is 2.39. The maximum atomic E-state index is 12.9. The van der Waals surface area contributed by atoms with Crippen LogP contribution in [0, 0.1) is 15.9 Å². The van der Waals surface area contributed by atoms with Crippen LogP contribution in [-0.2, 0) is 0 Å². The zero-order valence-electron chi connectivity index (χ0n) is 16.3. The minimum atomic E-state index is -0.430. The van der Waals surface area contributed by atoms with Crippen molar-refractivity contribution >= 4 is 17.3 Å². The van der Waals surface area contributed by atoms with Crippen LogP contribution in [0.1, 0.15) is 29.6 Å². The van der Waals surface area contributed by atoms with Crippen molar-refractivity contribution in [2.45, 2.75) is 19.3 Å². The first kappa shape index (κ1) is 20.6. The first-order chi connectivity index (χ1) is 14.0. The summed E-state index contributed by atoms with van der Waals surface area (Å²) in [5, 5.41) is 11.5. The number of carbonyl (C=O) groups excluding carboxylic acids is 1. The highest BCUT2D eigenvalue weighted by atomic mass is 19.1. The van der Waals surface area contributed by atoms with Crippen molar-refractivity contribution < 1.29 is 18.8 Å². The van der Waals surface area contributed by atoms with Crippen molar-refractivity contribution in [1.82, 2.24) is 4.90 Å². The molecular formula is C21H24FN3O4. The van der Waals surface area contributed by atoms with Crippen LogP contribution in [0.4, 0.5) is 15.8 Å². The van der Waals surface area contributed by atoms with Gasteiger partial charge in [0.2, 0.25) is 0 Å². The molecule has 1 aliphatic heterocycles. The molecule has 0 atom stereocenters. The Morgan fingerprint density at radius 2 is 1.90 bits per heavy atom. The van der Waals surface area contributed by atoms with Crippen molar-refractivity contribution in [3.63, 3.8) is 0 Å². The fourth-order valence-corrected chi connectivity index (χ4v) is 3.37. The number of halogens is 1. The molecule has 1 heterocycles. The fourth-order valence-electron chi connectivity index (χ4n) is 3.37. The Morgan fingerprint density at radius 1 is 1.21 bits per heavy atom. The lowest BCUT2D eigenvalue weighted by Crippen LogP contribution is -2.29. The van der Waals surface area contributed by atoms with Gasteiger partial charge in [-0.1, -0.05) is 0 Å². The second-order valence-corrected chi connectivity index (χ2v) is 7.04. The average molecular weight is 401 g/mol. The van der Waals surface area contributed by atoms with Crippen molar-refractivity contribution in [3.05, 3.63) is 64.0 Å². The summed E-state index contributed by atoms with van der Waals surface area (Å²) < 4.78 is 18.4. The Balaban J connectivity index is 1.57. The van der Waals surface area contributed by atoms with Gasteiger partial charge in [-0.15, -0.1) is 0 Å². The Labute approximate surface area is 168 Å². The zero-order valence-corrected chi connectivity index (χ0v) is 16.3. The summed E-state index contributed by atoms with van der Waals surface area (Å²) in [6, 6.07) is 10.4. The number of nitro groups is 1. The molecule has 0 aliphatic carbocycles. The molecule has 8 heteroatoms. The number of ether oxygens (including phenoxy) is 1. The second kappa shape index (κ2) is 9.36. The molecule has 1 fully saturated rings. The summed E-state index contributed by atoms with van der Waals surface area (Å²) in [6.07, 6.45) is 2.61. The SMILES string of the molecule is CN(CCCOc1ccc(F)cc1)C(=O)c1ccc(N2CCCC2)c([N+](=O)[O-])c1. The van der Waals surface area contributed by atoms with Gasteiger partial charge in [0.15, 0.2) is 0 Å². The number of benzene rings is 2. The normalized spacial score (nSPS) is 13.4. The molecule has 0 radical (unpaired) electrons. The molecule has 0 saturated carbocycles. The predicted octanol–water partition coefficient (Wildman–Crippen LogP) is 3.88. The van der Waals surface area contributed by atoms with Gasteiger partial charge in [0, 0.05) is 38.3 Å². The molecule has 0 aromatic heterocycles. The van der Waals surface area contributed by atoms with Gasteiger partial charge in [-0.3, -0.25) is 14.9 Å². The van der Waals surface area contributed by atoms with Crippen LogP contribution in [0.15, 0.2) is 42.5 Å². The summed E-state index contributed by atoms with van der Waals surface area (Å²) in [5.41, 5.74) is 0.826. The topological polar surface area (TPSA) is 75.9 Å². The van der Waals surface area contributed by atoms with Crippen molar-refractivity contribution in [3.8, 4) is 5.75 Å². The van der Waals surface area contributed by atoms with E-state index in [1.807, 2.05) is 4.90 Å². The molecule has 0 bridgehead atoms. The van der Waals surface area contributed by atoms with E-state index in [4.69, 9.17) is 4.74 Å². The Morgan fingerprint density at radius 3 is 2.55 bits per heavy atom. The molecule has 2 aromatic carbocycles. The first-order valence-corrected chi connectivity index (χ1v) is 9.63. The maximum absolute atomic E-state index is 12.9. The number of nitro benzene ring substituents is 1. The Kier molecular flexibility index (Phi) is 6.64. The molecule has 0 unspecified atom stereocenters. The monoisotopic (exact) mass is 401 g/mol. The van der Waals surface area contributed by atoms with Gasteiger partial charge in [0.1, 0.15) is 17.3 Å². The van der Waals surface area contributed by atoms with E-state index < -0.39 is 4.92 Å². The fraction of sp³-hybridized carbons (Fsp3) is 0.381. The molecule has 0 N–H and O–H groups in total. The van der Waals surface area contributed by atoms with E-state index in [2.05, 4.69) is 0 Å². The smallest absolute Gasteiger partial charge is 0.293 e. The molecule has 154 valence electrons. The van der Waals surface area contributed by atoms with E-state index in [1.165, 1.54) is 23.1 Å². The molecule has 3 rings (SSSR count). The molecule has 1 aliphatic rings. The van der Waals surface area contributed by atoms with E-state index in [9.17, 15) is 19.3 Å². The van der Waals surface area contributed by atoms with Crippen LogP contribution >= 0.6 is 0 Å². The third-order valence-electron chi connectivity index (χ3n) is 4.93. The number of hydrogen-bond donors (Lipinski definition) is 0. The number of rotatable bonds is 8. The number of carbonyl (C=O) groups is 1. The minimum Gasteiger partial charge on any atom is -0.494 e. The van der Waals surface area contributed by atoms with Crippen LogP contribution in [-0.4, -0.2) is 49.0 Å². The number of hydrogen-bond acceptors (Lipinski definition) is 5. The molecule has 7 nitrogen and oxygen atoms in total. The highest BCUT2D eigenvalue weighted by molar-refractivity contribution is 5.95. The highest BCUT2D eigenvalue weighted by Crippen LogP contribution is 2.32. The van der Waals surface area contributed by atoms with Gasteiger partial charge in [-0.2, -0.15) is 0 Å². The van der Waals surface area contributed by atoms with Crippen LogP contribution in [0.5, 0.6) is 5.75 Å². The molecule has 0 spiro atoms. The van der Waals surface area contributed by atoms with E-state index in [0.717, 1.165) is 25.9 Å². The number of anilines is 1. The average Bonchev–Trinajstić information content (AvgIpc) is 3.26. The maximum Gasteiger partial charge on any atom is 0.293 e. The van der Waals surface area contributed by atoms with E-state index in [-0.39, 0.29) is 17.4 Å². The summed E-state index contributed by atoms with van der Waals surface area (Å²) in [4.78, 5) is 27.2. The molecule has 1 amide bonds. The Bertz CT molecular complexity index is 867. The van der Waals surface area contributed by atoms with Gasteiger partial charge >= 0.3 is 0 Å². The minimum absolute atomic E-state index is 0.0363. The van der Waals surface area contributed by atoms with Gasteiger partial charge in [0.25, 0.3) is 11.6 Å². The highest BCUT2D eigenvalue weighted by Gasteiger charge is 2.24. The lowest BCUT2D eigenvalue weighted by atomic mass is 10.1. The van der Waals surface area contributed by atoms with Crippen LogP contribution in [0.3, 0.4) is 0 Å². The Hall–Kier alpha value is -3.16. The lowest BCUT2D eigenvalue weighted by Gasteiger charge is -2.20. The summed E-state index contributed by atoms with van der Waals surface area (Å²) in [7, 11) is 1.65. The third-order valence-corrected chi connectivity index (χ3v) is 4.93. The van der Waals surface area contributed by atoms with Gasteiger partial charge in [-0.05, 0) is 55.7 Å². The second-order valence-electron chi connectivity index (χ2n) is 7.04. The van der Waals surface area contributed by atoms with Crippen LogP contribution in [0.25, 0.3) is 0 Å². The molecular weight excluding hydrogens is 377 g/mol. The largest absolute Gasteiger partial charge is 0.494 e. The van der Waals surface area contributed by atoms with E-state index in [1.54, 1.807) is 31.3 Å². The standard InChI is InChI=1S/C21H24FN3O4/c1-23(11-4-14-29-18-8-6-17(22)7-9-18)21(26)16-5-10-19(20(15-16)25(27)28)24-12-2-3-13-24/h5-10,15H,2-4,11-14H2,1H3. The summed E-state index contributed by atoms with van der Waals surface area (Å²) in [5.74, 6) is -0.0381.